The Morgan fingerprint density at radius 1 is 1.22 bits per heavy atom. The van der Waals surface area contributed by atoms with Gasteiger partial charge in [-0.15, -0.1) is 0 Å². The number of pyridine rings is 1. The van der Waals surface area contributed by atoms with Crippen molar-refractivity contribution in [2.24, 2.45) is 0 Å². The van der Waals surface area contributed by atoms with E-state index in [9.17, 15) is 0 Å². The molecule has 1 fully saturated rings. The van der Waals surface area contributed by atoms with E-state index in [0.717, 1.165) is 79.1 Å². The molecule has 0 N–H and O–H groups in total. The van der Waals surface area contributed by atoms with Crippen molar-refractivity contribution in [3.63, 3.8) is 0 Å². The summed E-state index contributed by atoms with van der Waals surface area (Å²) in [5.74, 6) is 1.45. The summed E-state index contributed by atoms with van der Waals surface area (Å²) in [7, 11) is 3.46. The van der Waals surface area contributed by atoms with Crippen molar-refractivity contribution < 1.29 is 14.2 Å². The van der Waals surface area contributed by atoms with Crippen LogP contribution in [0.3, 0.4) is 0 Å². The average Bonchev–Trinajstić information content (AvgIpc) is 3.34. The Hall–Kier alpha value is -1.56. The zero-order valence-electron chi connectivity index (χ0n) is 16.1. The van der Waals surface area contributed by atoms with Gasteiger partial charge in [0.05, 0.1) is 30.4 Å². The van der Waals surface area contributed by atoms with E-state index in [1.807, 2.05) is 12.1 Å². The van der Waals surface area contributed by atoms with Crippen LogP contribution in [0, 0.1) is 0 Å². The van der Waals surface area contributed by atoms with Gasteiger partial charge in [0.2, 0.25) is 0 Å². The number of fused-ring (bicyclic) bond motifs is 2. The Bertz CT molecular complexity index is 827. The van der Waals surface area contributed by atoms with Gasteiger partial charge in [0.25, 0.3) is 0 Å². The van der Waals surface area contributed by atoms with Gasteiger partial charge in [-0.3, -0.25) is 4.98 Å². The lowest BCUT2D eigenvalue weighted by Crippen LogP contribution is -2.25. The van der Waals surface area contributed by atoms with Gasteiger partial charge in [0.1, 0.15) is 0 Å². The first-order valence-corrected chi connectivity index (χ1v) is 10.1. The van der Waals surface area contributed by atoms with Crippen molar-refractivity contribution in [3.8, 4) is 11.5 Å². The van der Waals surface area contributed by atoms with E-state index in [4.69, 9.17) is 30.8 Å². The second-order valence-electron chi connectivity index (χ2n) is 7.37. The third-order valence-electron chi connectivity index (χ3n) is 5.67. The molecule has 1 atom stereocenters. The monoisotopic (exact) mass is 390 g/mol. The molecular weight excluding hydrogens is 364 g/mol. The molecule has 0 saturated carbocycles. The van der Waals surface area contributed by atoms with Crippen LogP contribution in [0.1, 0.15) is 30.5 Å². The number of hydrogen-bond acceptors (Lipinski definition) is 5. The standard InChI is InChI=1S/C21H27ClN2O3/c1-25-14-7-9-24(13-14)8-4-10-27-20-12-18-16(11-19(20)26-2)21(22)15-5-3-6-17(15)23-18/h11-12,14H,3-10,13H2,1-2H3/t14-/m1/s1. The zero-order valence-corrected chi connectivity index (χ0v) is 16.8. The molecule has 1 saturated heterocycles. The quantitative estimate of drug-likeness (QED) is 0.671. The predicted octanol–water partition coefficient (Wildman–Crippen LogP) is 3.88. The molecule has 1 aliphatic carbocycles. The van der Waals surface area contributed by atoms with Gasteiger partial charge >= 0.3 is 0 Å². The lowest BCUT2D eigenvalue weighted by molar-refractivity contribution is 0.107. The molecular formula is C21H27ClN2O3. The maximum absolute atomic E-state index is 6.64. The van der Waals surface area contributed by atoms with Gasteiger partial charge in [-0.25, -0.2) is 0 Å². The van der Waals surface area contributed by atoms with Crippen molar-refractivity contribution in [1.82, 2.24) is 9.88 Å². The summed E-state index contributed by atoms with van der Waals surface area (Å²) >= 11 is 6.64. The van der Waals surface area contributed by atoms with Crippen LogP contribution in [0.2, 0.25) is 5.02 Å². The number of likely N-dealkylation sites (tertiary alicyclic amines) is 1. The first-order valence-electron chi connectivity index (χ1n) is 9.76. The van der Waals surface area contributed by atoms with Crippen molar-refractivity contribution in [3.05, 3.63) is 28.4 Å². The topological polar surface area (TPSA) is 43.8 Å². The minimum absolute atomic E-state index is 0.379. The maximum Gasteiger partial charge on any atom is 0.163 e. The molecule has 0 bridgehead atoms. The predicted molar refractivity (Wildman–Crippen MR) is 107 cm³/mol. The molecule has 2 aliphatic rings. The SMILES string of the molecule is COc1cc2c(Cl)c3c(nc2cc1OCCCN1CC[C@@H](OC)C1)CCC3. The molecule has 0 spiro atoms. The van der Waals surface area contributed by atoms with Crippen molar-refractivity contribution in [2.45, 2.75) is 38.2 Å². The van der Waals surface area contributed by atoms with E-state index in [1.54, 1.807) is 14.2 Å². The maximum atomic E-state index is 6.64. The molecule has 0 amide bonds. The van der Waals surface area contributed by atoms with Crippen LogP contribution in [-0.2, 0) is 17.6 Å². The second-order valence-corrected chi connectivity index (χ2v) is 7.75. The van der Waals surface area contributed by atoms with Crippen molar-refractivity contribution in [1.29, 1.82) is 0 Å². The fraction of sp³-hybridized carbons (Fsp3) is 0.571. The van der Waals surface area contributed by atoms with Gasteiger partial charge in [-0.2, -0.15) is 0 Å². The largest absolute Gasteiger partial charge is 0.493 e. The number of rotatable bonds is 7. The van der Waals surface area contributed by atoms with Crippen LogP contribution >= 0.6 is 11.6 Å². The smallest absolute Gasteiger partial charge is 0.163 e. The van der Waals surface area contributed by atoms with E-state index in [2.05, 4.69) is 4.90 Å². The van der Waals surface area contributed by atoms with Crippen LogP contribution in [0.25, 0.3) is 10.9 Å². The summed E-state index contributed by atoms with van der Waals surface area (Å²) in [5.41, 5.74) is 3.21. The molecule has 27 heavy (non-hydrogen) atoms. The molecule has 1 aromatic carbocycles. The number of benzene rings is 1. The molecule has 2 aromatic rings. The normalized spacial score (nSPS) is 19.6. The van der Waals surface area contributed by atoms with Crippen LogP contribution in [-0.4, -0.2) is 56.4 Å². The van der Waals surface area contributed by atoms with Crippen molar-refractivity contribution in [2.75, 3.05) is 40.5 Å². The van der Waals surface area contributed by atoms with E-state index >= 15 is 0 Å². The molecule has 6 heteroatoms. The third kappa shape index (κ3) is 3.86. The van der Waals surface area contributed by atoms with Gasteiger partial charge < -0.3 is 19.1 Å². The summed E-state index contributed by atoms with van der Waals surface area (Å²) < 4.78 is 17.0. The molecule has 0 unspecified atom stereocenters. The van der Waals surface area contributed by atoms with E-state index in [-0.39, 0.29) is 0 Å². The lowest BCUT2D eigenvalue weighted by Gasteiger charge is -2.17. The Labute approximate surface area is 165 Å². The Morgan fingerprint density at radius 3 is 2.89 bits per heavy atom. The van der Waals surface area contributed by atoms with Crippen LogP contribution in [0.15, 0.2) is 12.1 Å². The highest BCUT2D eigenvalue weighted by atomic mass is 35.5. The highest BCUT2D eigenvalue weighted by Crippen LogP contribution is 2.39. The molecule has 4 rings (SSSR count). The number of halogens is 1. The van der Waals surface area contributed by atoms with Gasteiger partial charge in [0, 0.05) is 43.9 Å². The molecule has 5 nitrogen and oxygen atoms in total. The van der Waals surface area contributed by atoms with Crippen molar-refractivity contribution >= 4 is 22.5 Å². The van der Waals surface area contributed by atoms with Gasteiger partial charge in [0.15, 0.2) is 11.5 Å². The zero-order chi connectivity index (χ0) is 18.8. The van der Waals surface area contributed by atoms with E-state index in [1.165, 1.54) is 5.56 Å². The average molecular weight is 391 g/mol. The number of nitrogens with zero attached hydrogens (tertiary/aromatic N) is 2. The third-order valence-corrected chi connectivity index (χ3v) is 6.10. The van der Waals surface area contributed by atoms with E-state index < -0.39 is 0 Å². The van der Waals surface area contributed by atoms with Crippen LogP contribution in [0.5, 0.6) is 11.5 Å². The van der Waals surface area contributed by atoms with Crippen LogP contribution in [0.4, 0.5) is 0 Å². The number of hydrogen-bond donors (Lipinski definition) is 0. The Balaban J connectivity index is 1.44. The Morgan fingerprint density at radius 2 is 2.11 bits per heavy atom. The van der Waals surface area contributed by atoms with E-state index in [0.29, 0.717) is 18.5 Å². The first-order chi connectivity index (χ1) is 13.2. The van der Waals surface area contributed by atoms with Gasteiger partial charge in [-0.1, -0.05) is 11.6 Å². The fourth-order valence-electron chi connectivity index (χ4n) is 4.15. The van der Waals surface area contributed by atoms with Gasteiger partial charge in [-0.05, 0) is 43.7 Å². The Kier molecular flexibility index (Phi) is 5.71. The highest BCUT2D eigenvalue weighted by Gasteiger charge is 2.22. The number of methoxy groups -OCH3 is 2. The summed E-state index contributed by atoms with van der Waals surface area (Å²) in [4.78, 5) is 7.25. The minimum Gasteiger partial charge on any atom is -0.493 e. The number of ether oxygens (including phenoxy) is 3. The summed E-state index contributed by atoms with van der Waals surface area (Å²) in [6.07, 6.45) is 5.61. The number of aryl methyl sites for hydroxylation is 1. The molecule has 1 aliphatic heterocycles. The second kappa shape index (κ2) is 8.21. The molecule has 2 heterocycles. The van der Waals surface area contributed by atoms with Crippen LogP contribution < -0.4 is 9.47 Å². The molecule has 146 valence electrons. The summed E-state index contributed by atoms with van der Waals surface area (Å²) in [6, 6.07) is 3.93. The fourth-order valence-corrected chi connectivity index (χ4v) is 4.50. The first kappa shape index (κ1) is 18.8. The summed E-state index contributed by atoms with van der Waals surface area (Å²) in [6.45, 7) is 3.79. The molecule has 0 radical (unpaired) electrons. The highest BCUT2D eigenvalue weighted by molar-refractivity contribution is 6.36. The minimum atomic E-state index is 0.379. The summed E-state index contributed by atoms with van der Waals surface area (Å²) in [5, 5.41) is 1.77. The number of aromatic nitrogens is 1. The molecule has 1 aromatic heterocycles. The lowest BCUT2D eigenvalue weighted by atomic mass is 10.1.